The number of nitrogens with zero attached hydrogens (tertiary/aromatic N) is 1. The van der Waals surface area contributed by atoms with E-state index in [0.717, 1.165) is 22.9 Å². The molecule has 0 atom stereocenters. The van der Waals surface area contributed by atoms with Gasteiger partial charge in [0.1, 0.15) is 0 Å². The maximum absolute atomic E-state index is 5.83. The van der Waals surface area contributed by atoms with Gasteiger partial charge in [0, 0.05) is 17.0 Å². The van der Waals surface area contributed by atoms with Crippen LogP contribution in [0.4, 0.5) is 0 Å². The SMILES string of the molecule is CCOc1[nH]ncc1Cc1ccc(Cl)cc1. The number of H-pyrrole nitrogens is 1. The molecule has 0 aliphatic carbocycles. The minimum absolute atomic E-state index is 0.635. The minimum atomic E-state index is 0.635. The predicted octanol–water partition coefficient (Wildman–Crippen LogP) is 3.05. The topological polar surface area (TPSA) is 37.9 Å². The maximum Gasteiger partial charge on any atom is 0.212 e. The molecule has 0 fully saturated rings. The first-order chi connectivity index (χ1) is 7.79. The smallest absolute Gasteiger partial charge is 0.212 e. The quantitative estimate of drug-likeness (QED) is 0.886. The zero-order chi connectivity index (χ0) is 11.4. The fraction of sp³-hybridized carbons (Fsp3) is 0.250. The van der Waals surface area contributed by atoms with Crippen LogP contribution in [0.3, 0.4) is 0 Å². The lowest BCUT2D eigenvalue weighted by Crippen LogP contribution is -1.96. The number of hydrogen-bond donors (Lipinski definition) is 1. The number of nitrogens with one attached hydrogen (secondary N) is 1. The second-order valence-electron chi connectivity index (χ2n) is 3.46. The highest BCUT2D eigenvalue weighted by Gasteiger charge is 2.06. The van der Waals surface area contributed by atoms with Crippen molar-refractivity contribution in [3.8, 4) is 5.88 Å². The van der Waals surface area contributed by atoms with E-state index in [-0.39, 0.29) is 0 Å². The van der Waals surface area contributed by atoms with Crippen molar-refractivity contribution in [2.45, 2.75) is 13.3 Å². The zero-order valence-corrected chi connectivity index (χ0v) is 9.79. The van der Waals surface area contributed by atoms with Gasteiger partial charge in [-0.05, 0) is 24.6 Å². The van der Waals surface area contributed by atoms with Crippen molar-refractivity contribution >= 4 is 11.6 Å². The molecular weight excluding hydrogens is 224 g/mol. The van der Waals surface area contributed by atoms with Crippen LogP contribution in [-0.2, 0) is 6.42 Å². The highest BCUT2D eigenvalue weighted by atomic mass is 35.5. The Morgan fingerprint density at radius 3 is 2.75 bits per heavy atom. The molecule has 0 saturated carbocycles. The summed E-state index contributed by atoms with van der Waals surface area (Å²) in [7, 11) is 0. The second kappa shape index (κ2) is 5.03. The summed E-state index contributed by atoms with van der Waals surface area (Å²) in [5, 5.41) is 7.57. The van der Waals surface area contributed by atoms with Crippen LogP contribution in [-0.4, -0.2) is 16.8 Å². The molecule has 4 heteroatoms. The van der Waals surface area contributed by atoms with Gasteiger partial charge in [-0.3, -0.25) is 0 Å². The molecular formula is C12H13ClN2O. The molecule has 3 nitrogen and oxygen atoms in total. The fourth-order valence-corrected chi connectivity index (χ4v) is 1.64. The number of aromatic amines is 1. The first-order valence-corrected chi connectivity index (χ1v) is 5.57. The first-order valence-electron chi connectivity index (χ1n) is 5.19. The van der Waals surface area contributed by atoms with Gasteiger partial charge in [-0.15, -0.1) is 0 Å². The van der Waals surface area contributed by atoms with Gasteiger partial charge >= 0.3 is 0 Å². The Morgan fingerprint density at radius 1 is 1.31 bits per heavy atom. The summed E-state index contributed by atoms with van der Waals surface area (Å²) in [6, 6.07) is 7.78. The summed E-state index contributed by atoms with van der Waals surface area (Å²) >= 11 is 5.83. The molecule has 1 heterocycles. The average Bonchev–Trinajstić information content (AvgIpc) is 2.70. The monoisotopic (exact) mass is 236 g/mol. The third-order valence-electron chi connectivity index (χ3n) is 2.27. The average molecular weight is 237 g/mol. The van der Waals surface area contributed by atoms with Crippen LogP contribution in [0.2, 0.25) is 5.02 Å². The van der Waals surface area contributed by atoms with E-state index in [1.54, 1.807) is 6.20 Å². The predicted molar refractivity (Wildman–Crippen MR) is 64.0 cm³/mol. The van der Waals surface area contributed by atoms with Crippen LogP contribution in [0.25, 0.3) is 0 Å². The van der Waals surface area contributed by atoms with Crippen molar-refractivity contribution in [1.29, 1.82) is 0 Å². The van der Waals surface area contributed by atoms with Crippen molar-refractivity contribution in [2.75, 3.05) is 6.61 Å². The third kappa shape index (κ3) is 2.55. The van der Waals surface area contributed by atoms with Gasteiger partial charge in [-0.25, -0.2) is 5.10 Å². The number of halogens is 1. The summed E-state index contributed by atoms with van der Waals surface area (Å²) in [5.41, 5.74) is 2.25. The molecule has 16 heavy (non-hydrogen) atoms. The molecule has 0 saturated heterocycles. The number of hydrogen-bond acceptors (Lipinski definition) is 2. The Bertz CT molecular complexity index is 450. The Morgan fingerprint density at radius 2 is 2.06 bits per heavy atom. The van der Waals surface area contributed by atoms with Gasteiger partial charge in [-0.1, -0.05) is 23.7 Å². The molecule has 0 amide bonds. The summed E-state index contributed by atoms with van der Waals surface area (Å²) in [5.74, 6) is 0.748. The molecule has 0 aliphatic rings. The lowest BCUT2D eigenvalue weighted by Gasteiger charge is -2.03. The Hall–Kier alpha value is -1.48. The molecule has 2 aromatic rings. The van der Waals surface area contributed by atoms with Gasteiger partial charge in [0.15, 0.2) is 0 Å². The molecule has 1 aromatic carbocycles. The molecule has 0 bridgehead atoms. The number of ether oxygens (including phenoxy) is 1. The molecule has 0 radical (unpaired) electrons. The highest BCUT2D eigenvalue weighted by molar-refractivity contribution is 6.30. The number of aromatic nitrogens is 2. The lowest BCUT2D eigenvalue weighted by atomic mass is 10.1. The van der Waals surface area contributed by atoms with E-state index in [9.17, 15) is 0 Å². The summed E-state index contributed by atoms with van der Waals surface area (Å²) in [4.78, 5) is 0. The maximum atomic E-state index is 5.83. The Kier molecular flexibility index (Phi) is 3.47. The number of rotatable bonds is 4. The van der Waals surface area contributed by atoms with Crippen LogP contribution in [0, 0.1) is 0 Å². The van der Waals surface area contributed by atoms with E-state index in [1.165, 1.54) is 5.56 Å². The second-order valence-corrected chi connectivity index (χ2v) is 3.90. The lowest BCUT2D eigenvalue weighted by molar-refractivity contribution is 0.323. The summed E-state index contributed by atoms with van der Waals surface area (Å²) in [6.45, 7) is 2.59. The van der Waals surface area contributed by atoms with Gasteiger partial charge < -0.3 is 4.74 Å². The van der Waals surface area contributed by atoms with Gasteiger partial charge in [0.25, 0.3) is 0 Å². The molecule has 0 spiro atoms. The molecule has 0 unspecified atom stereocenters. The van der Waals surface area contributed by atoms with Crippen molar-refractivity contribution in [3.63, 3.8) is 0 Å². The molecule has 1 aromatic heterocycles. The summed E-state index contributed by atoms with van der Waals surface area (Å²) < 4.78 is 5.43. The molecule has 84 valence electrons. The van der Waals surface area contributed by atoms with Crippen molar-refractivity contribution in [2.24, 2.45) is 0 Å². The minimum Gasteiger partial charge on any atom is -0.478 e. The van der Waals surface area contributed by atoms with E-state index in [1.807, 2.05) is 31.2 Å². The van der Waals surface area contributed by atoms with Crippen molar-refractivity contribution in [1.82, 2.24) is 10.2 Å². The van der Waals surface area contributed by atoms with Crippen LogP contribution >= 0.6 is 11.6 Å². The molecule has 0 aliphatic heterocycles. The third-order valence-corrected chi connectivity index (χ3v) is 2.53. The molecule has 1 N–H and O–H groups in total. The highest BCUT2D eigenvalue weighted by Crippen LogP contribution is 2.19. The van der Waals surface area contributed by atoms with E-state index in [2.05, 4.69) is 10.2 Å². The Balaban J connectivity index is 2.13. The number of benzene rings is 1. The van der Waals surface area contributed by atoms with Gasteiger partial charge in [0.05, 0.1) is 12.8 Å². The Labute approximate surface area is 99.4 Å². The van der Waals surface area contributed by atoms with E-state index < -0.39 is 0 Å². The van der Waals surface area contributed by atoms with Gasteiger partial charge in [0.2, 0.25) is 5.88 Å². The molecule has 2 rings (SSSR count). The van der Waals surface area contributed by atoms with Crippen LogP contribution in [0.1, 0.15) is 18.1 Å². The van der Waals surface area contributed by atoms with Crippen molar-refractivity contribution < 1.29 is 4.74 Å². The zero-order valence-electron chi connectivity index (χ0n) is 9.03. The van der Waals surface area contributed by atoms with Crippen LogP contribution in [0.5, 0.6) is 5.88 Å². The standard InChI is InChI=1S/C12H13ClN2O/c1-2-16-12-10(8-14-15-12)7-9-3-5-11(13)6-4-9/h3-6,8H,2,7H2,1H3,(H,14,15). The van der Waals surface area contributed by atoms with E-state index in [4.69, 9.17) is 16.3 Å². The van der Waals surface area contributed by atoms with Gasteiger partial charge in [-0.2, -0.15) is 5.10 Å². The first kappa shape index (κ1) is 11.0. The largest absolute Gasteiger partial charge is 0.478 e. The fourth-order valence-electron chi connectivity index (χ4n) is 1.52. The normalized spacial score (nSPS) is 10.4. The van der Waals surface area contributed by atoms with Crippen molar-refractivity contribution in [3.05, 3.63) is 46.6 Å². The van der Waals surface area contributed by atoms with E-state index in [0.29, 0.717) is 6.61 Å². The van der Waals surface area contributed by atoms with E-state index >= 15 is 0 Å². The summed E-state index contributed by atoms with van der Waals surface area (Å²) in [6.07, 6.45) is 2.59. The van der Waals surface area contributed by atoms with Crippen LogP contribution in [0.15, 0.2) is 30.5 Å². The van der Waals surface area contributed by atoms with Crippen LogP contribution < -0.4 is 4.74 Å².